The van der Waals surface area contributed by atoms with E-state index in [0.717, 1.165) is 23.9 Å². The molecule has 23 heavy (non-hydrogen) atoms. The number of likely N-dealkylation sites (tertiary alicyclic amines) is 1. The van der Waals surface area contributed by atoms with Crippen molar-refractivity contribution in [2.75, 3.05) is 6.54 Å². The Morgan fingerprint density at radius 2 is 2.09 bits per heavy atom. The number of hydrogen-bond acceptors (Lipinski definition) is 2. The third kappa shape index (κ3) is 3.63. The molecule has 1 aliphatic carbocycles. The maximum absolute atomic E-state index is 12.6. The molecule has 0 unspecified atom stereocenters. The van der Waals surface area contributed by atoms with Gasteiger partial charge in [0.1, 0.15) is 5.60 Å². The van der Waals surface area contributed by atoms with E-state index >= 15 is 0 Å². The summed E-state index contributed by atoms with van der Waals surface area (Å²) in [5, 5.41) is 0. The molecule has 124 valence electrons. The minimum absolute atomic E-state index is 0.158. The fourth-order valence-corrected chi connectivity index (χ4v) is 3.88. The second-order valence-corrected chi connectivity index (χ2v) is 8.64. The van der Waals surface area contributed by atoms with E-state index in [1.54, 1.807) is 0 Å². The molecule has 0 N–H and O–H groups in total. The Bertz CT molecular complexity index is 660. The molecule has 0 aromatic heterocycles. The van der Waals surface area contributed by atoms with Crippen molar-refractivity contribution in [2.24, 2.45) is 5.92 Å². The average Bonchev–Trinajstić information content (AvgIpc) is 2.99. The van der Waals surface area contributed by atoms with Crippen LogP contribution in [-0.4, -0.2) is 29.2 Å². The zero-order valence-electron chi connectivity index (χ0n) is 14.2. The lowest BCUT2D eigenvalue weighted by molar-refractivity contribution is 0.0244. The Kier molecular flexibility index (Phi) is 4.30. The number of hydrogen-bond donors (Lipinski definition) is 0. The molecule has 1 aromatic rings. The first-order valence-corrected chi connectivity index (χ1v) is 9.01. The van der Waals surface area contributed by atoms with Crippen LogP contribution in [0.3, 0.4) is 0 Å². The molecule has 2 aliphatic rings. The summed E-state index contributed by atoms with van der Waals surface area (Å²) in [7, 11) is 0. The van der Waals surface area contributed by atoms with E-state index in [4.69, 9.17) is 4.74 Å². The third-order valence-electron chi connectivity index (χ3n) is 4.41. The predicted octanol–water partition coefficient (Wildman–Crippen LogP) is 5.03. The molecule has 2 atom stereocenters. The summed E-state index contributed by atoms with van der Waals surface area (Å²) in [6, 6.07) is 6.55. The molecular formula is C19H24BrNO2. The van der Waals surface area contributed by atoms with Crippen molar-refractivity contribution in [1.82, 2.24) is 4.90 Å². The van der Waals surface area contributed by atoms with E-state index in [1.807, 2.05) is 25.7 Å². The van der Waals surface area contributed by atoms with Gasteiger partial charge in [-0.05, 0) is 68.4 Å². The molecule has 1 aromatic carbocycles. The first-order chi connectivity index (χ1) is 10.7. The van der Waals surface area contributed by atoms with Gasteiger partial charge in [0.05, 0.1) is 6.04 Å². The van der Waals surface area contributed by atoms with Crippen LogP contribution < -0.4 is 0 Å². The maximum atomic E-state index is 12.6. The van der Waals surface area contributed by atoms with Crippen LogP contribution in [0.1, 0.15) is 45.2 Å². The van der Waals surface area contributed by atoms with Gasteiger partial charge in [-0.3, -0.25) is 0 Å². The highest BCUT2D eigenvalue weighted by molar-refractivity contribution is 9.10. The summed E-state index contributed by atoms with van der Waals surface area (Å²) in [4.78, 5) is 14.5. The largest absolute Gasteiger partial charge is 0.444 e. The fourth-order valence-electron chi connectivity index (χ4n) is 3.47. The summed E-state index contributed by atoms with van der Waals surface area (Å²) in [6.07, 6.45) is 4.00. The monoisotopic (exact) mass is 377 g/mol. The average molecular weight is 378 g/mol. The van der Waals surface area contributed by atoms with Crippen LogP contribution in [0.25, 0.3) is 6.08 Å². The van der Waals surface area contributed by atoms with Crippen LogP contribution in [0.4, 0.5) is 4.79 Å². The molecule has 3 nitrogen and oxygen atoms in total. The Hall–Kier alpha value is -1.29. The summed E-state index contributed by atoms with van der Waals surface area (Å²) >= 11 is 3.54. The van der Waals surface area contributed by atoms with Gasteiger partial charge >= 0.3 is 6.09 Å². The van der Waals surface area contributed by atoms with Crippen molar-refractivity contribution in [1.29, 1.82) is 0 Å². The molecule has 1 fully saturated rings. The summed E-state index contributed by atoms with van der Waals surface area (Å²) in [5.74, 6) is 0.504. The lowest BCUT2D eigenvalue weighted by atomic mass is 9.99. The Morgan fingerprint density at radius 1 is 1.35 bits per heavy atom. The lowest BCUT2D eigenvalue weighted by Crippen LogP contribution is -2.40. The van der Waals surface area contributed by atoms with E-state index in [9.17, 15) is 4.79 Å². The number of nitrogens with zero attached hydrogens (tertiary/aromatic N) is 1. The predicted molar refractivity (Wildman–Crippen MR) is 96.3 cm³/mol. The highest BCUT2D eigenvalue weighted by atomic mass is 79.9. The number of carbonyl (C=O) groups is 1. The molecule has 0 spiro atoms. The molecular weight excluding hydrogens is 354 g/mol. The van der Waals surface area contributed by atoms with Crippen molar-refractivity contribution in [3.8, 4) is 0 Å². The van der Waals surface area contributed by atoms with Crippen LogP contribution in [0.5, 0.6) is 0 Å². The highest BCUT2D eigenvalue weighted by Gasteiger charge is 2.38. The van der Waals surface area contributed by atoms with Gasteiger partial charge in [-0.15, -0.1) is 0 Å². The second kappa shape index (κ2) is 5.97. The van der Waals surface area contributed by atoms with Crippen molar-refractivity contribution >= 4 is 28.1 Å². The molecule has 3 rings (SSSR count). The second-order valence-electron chi connectivity index (χ2n) is 7.73. The molecule has 0 radical (unpaired) electrons. The van der Waals surface area contributed by atoms with Gasteiger partial charge in [0.15, 0.2) is 0 Å². The molecule has 1 aliphatic heterocycles. The van der Waals surface area contributed by atoms with Gasteiger partial charge < -0.3 is 9.64 Å². The number of fused-ring (bicyclic) bond motifs is 1. The molecule has 1 saturated heterocycles. The number of ether oxygens (including phenoxy) is 1. The van der Waals surface area contributed by atoms with Gasteiger partial charge in [0, 0.05) is 11.0 Å². The molecule has 4 heteroatoms. The SMILES string of the molecule is C[C@H]1C[C@H](C2=Cc3ccc(Br)cc3C2)N(C(=O)OC(C)(C)C)C1. The normalized spacial score (nSPS) is 23.7. The van der Waals surface area contributed by atoms with Gasteiger partial charge in [-0.1, -0.05) is 35.0 Å². The smallest absolute Gasteiger partial charge is 0.410 e. The Morgan fingerprint density at radius 3 is 2.78 bits per heavy atom. The Labute approximate surface area is 146 Å². The fraction of sp³-hybridized carbons (Fsp3) is 0.526. The van der Waals surface area contributed by atoms with Crippen molar-refractivity contribution < 1.29 is 9.53 Å². The van der Waals surface area contributed by atoms with Gasteiger partial charge in [-0.25, -0.2) is 4.79 Å². The maximum Gasteiger partial charge on any atom is 0.410 e. The van der Waals surface area contributed by atoms with Gasteiger partial charge in [-0.2, -0.15) is 0 Å². The topological polar surface area (TPSA) is 29.5 Å². The zero-order valence-corrected chi connectivity index (χ0v) is 15.8. The van der Waals surface area contributed by atoms with Crippen molar-refractivity contribution in [3.63, 3.8) is 0 Å². The number of carbonyl (C=O) groups excluding carboxylic acids is 1. The van der Waals surface area contributed by atoms with Crippen LogP contribution in [0.15, 0.2) is 28.2 Å². The van der Waals surface area contributed by atoms with Crippen molar-refractivity contribution in [3.05, 3.63) is 39.4 Å². The molecule has 1 heterocycles. The summed E-state index contributed by atoms with van der Waals surface area (Å²) in [5.41, 5.74) is 3.48. The summed E-state index contributed by atoms with van der Waals surface area (Å²) in [6.45, 7) is 8.73. The number of benzene rings is 1. The Balaban J connectivity index is 1.80. The van der Waals surface area contributed by atoms with Gasteiger partial charge in [0.25, 0.3) is 0 Å². The third-order valence-corrected chi connectivity index (χ3v) is 4.90. The first-order valence-electron chi connectivity index (χ1n) is 8.21. The van der Waals surface area contributed by atoms with Crippen LogP contribution in [-0.2, 0) is 11.2 Å². The highest BCUT2D eigenvalue weighted by Crippen LogP contribution is 2.36. The zero-order chi connectivity index (χ0) is 16.8. The quantitative estimate of drug-likeness (QED) is 0.686. The standard InChI is InChI=1S/C19H24BrNO2/c1-12-7-17(21(11-12)18(22)23-19(2,3)4)15-8-13-5-6-16(20)10-14(13)9-15/h5-6,8,10,12,17H,7,9,11H2,1-4H3/t12-,17+/m0/s1. The van der Waals surface area contributed by atoms with Crippen molar-refractivity contribution in [2.45, 2.75) is 52.2 Å². The van der Waals surface area contributed by atoms with E-state index in [1.165, 1.54) is 16.7 Å². The summed E-state index contributed by atoms with van der Waals surface area (Å²) < 4.78 is 6.71. The number of rotatable bonds is 1. The van der Waals surface area contributed by atoms with Crippen LogP contribution in [0.2, 0.25) is 0 Å². The lowest BCUT2D eigenvalue weighted by Gasteiger charge is -2.29. The number of amides is 1. The van der Waals surface area contributed by atoms with E-state index in [-0.39, 0.29) is 12.1 Å². The molecule has 0 bridgehead atoms. The molecule has 0 saturated carbocycles. The van der Waals surface area contributed by atoms with Crippen LogP contribution >= 0.6 is 15.9 Å². The minimum atomic E-state index is -0.453. The van der Waals surface area contributed by atoms with E-state index < -0.39 is 5.60 Å². The van der Waals surface area contributed by atoms with Crippen LogP contribution in [0, 0.1) is 5.92 Å². The van der Waals surface area contributed by atoms with E-state index in [2.05, 4.69) is 47.1 Å². The first kappa shape index (κ1) is 16.6. The minimum Gasteiger partial charge on any atom is -0.444 e. The number of halogens is 1. The van der Waals surface area contributed by atoms with Gasteiger partial charge in [0.2, 0.25) is 0 Å². The van der Waals surface area contributed by atoms with E-state index in [0.29, 0.717) is 5.92 Å². The molecule has 1 amide bonds.